The highest BCUT2D eigenvalue weighted by Gasteiger charge is 2.08. The molecule has 0 aliphatic heterocycles. The van der Waals surface area contributed by atoms with Crippen LogP contribution < -0.4 is 0 Å². The lowest BCUT2D eigenvalue weighted by Crippen LogP contribution is -2.06. The summed E-state index contributed by atoms with van der Waals surface area (Å²) >= 11 is 0. The maximum absolute atomic E-state index is 11.4. The van der Waals surface area contributed by atoms with Gasteiger partial charge in [-0.15, -0.1) is 0 Å². The van der Waals surface area contributed by atoms with Crippen LogP contribution >= 0.6 is 0 Å². The second-order valence-electron chi connectivity index (χ2n) is 7.63. The number of carbonyl (C=O) groups is 1. The normalized spacial score (nSPS) is 11.6. The molecule has 29 heavy (non-hydrogen) atoms. The number of aromatic nitrogens is 1. The van der Waals surface area contributed by atoms with Crippen LogP contribution in [0, 0.1) is 17.2 Å². The summed E-state index contributed by atoms with van der Waals surface area (Å²) in [5.74, 6) is 0.425. The Balaban J connectivity index is 1.65. The van der Waals surface area contributed by atoms with Gasteiger partial charge in [0.05, 0.1) is 5.56 Å². The standard InChI is InChI=1S/C26H26N2O/c1-19(20(2)29)5-3-6-21-7-4-8-23(15-21)16-22-9-11-24(12-10-22)26-13-14-28-18-25(26)17-27/h4,7-15,18-19H,3,5-6,16H2,1-2H3. The molecule has 3 aromatic rings. The van der Waals surface area contributed by atoms with Crippen molar-refractivity contribution in [3.63, 3.8) is 0 Å². The molecule has 1 aromatic heterocycles. The minimum atomic E-state index is 0.152. The van der Waals surface area contributed by atoms with Gasteiger partial charge in [0.15, 0.2) is 0 Å². The SMILES string of the molecule is CC(=O)C(C)CCCc1cccc(Cc2ccc(-c3ccncc3C#N)cc2)c1. The number of ketones is 1. The zero-order chi connectivity index (χ0) is 20.6. The molecule has 0 spiro atoms. The van der Waals surface area contributed by atoms with Crippen molar-refractivity contribution in [3.8, 4) is 17.2 Å². The molecule has 0 saturated carbocycles. The zero-order valence-corrected chi connectivity index (χ0v) is 17.1. The molecule has 3 nitrogen and oxygen atoms in total. The summed E-state index contributed by atoms with van der Waals surface area (Å²) in [5.41, 5.74) is 6.38. The van der Waals surface area contributed by atoms with Gasteiger partial charge in [0, 0.05) is 23.9 Å². The second kappa shape index (κ2) is 9.80. The first-order valence-corrected chi connectivity index (χ1v) is 10.1. The summed E-state index contributed by atoms with van der Waals surface area (Å²) in [5, 5.41) is 9.27. The van der Waals surface area contributed by atoms with Crippen LogP contribution in [0.3, 0.4) is 0 Å². The van der Waals surface area contributed by atoms with E-state index in [0.29, 0.717) is 5.56 Å². The van der Waals surface area contributed by atoms with Crippen LogP contribution in [0.1, 0.15) is 48.9 Å². The molecule has 0 N–H and O–H groups in total. The molecular weight excluding hydrogens is 356 g/mol. The van der Waals surface area contributed by atoms with Crippen molar-refractivity contribution >= 4 is 5.78 Å². The topological polar surface area (TPSA) is 53.8 Å². The van der Waals surface area contributed by atoms with E-state index in [1.54, 1.807) is 19.3 Å². The third-order valence-corrected chi connectivity index (χ3v) is 5.40. The lowest BCUT2D eigenvalue weighted by Gasteiger charge is -2.09. The van der Waals surface area contributed by atoms with Crippen LogP contribution in [-0.2, 0) is 17.6 Å². The van der Waals surface area contributed by atoms with Crippen molar-refractivity contribution in [3.05, 3.63) is 89.2 Å². The summed E-state index contributed by atoms with van der Waals surface area (Å²) < 4.78 is 0. The van der Waals surface area contributed by atoms with Crippen molar-refractivity contribution in [2.24, 2.45) is 5.92 Å². The smallest absolute Gasteiger partial charge is 0.132 e. The molecule has 0 bridgehead atoms. The van der Waals surface area contributed by atoms with Gasteiger partial charge in [-0.3, -0.25) is 9.78 Å². The van der Waals surface area contributed by atoms with E-state index < -0.39 is 0 Å². The molecule has 3 heteroatoms. The quantitative estimate of drug-likeness (QED) is 0.498. The maximum Gasteiger partial charge on any atom is 0.132 e. The van der Waals surface area contributed by atoms with Crippen LogP contribution in [0.2, 0.25) is 0 Å². The van der Waals surface area contributed by atoms with Gasteiger partial charge in [0.1, 0.15) is 11.9 Å². The average molecular weight is 383 g/mol. The third kappa shape index (κ3) is 5.62. The van der Waals surface area contributed by atoms with Crippen molar-refractivity contribution in [1.82, 2.24) is 4.98 Å². The molecule has 1 heterocycles. The molecule has 0 aliphatic rings. The third-order valence-electron chi connectivity index (χ3n) is 5.40. The van der Waals surface area contributed by atoms with Crippen LogP contribution in [0.15, 0.2) is 67.0 Å². The number of nitriles is 1. The summed E-state index contributed by atoms with van der Waals surface area (Å²) in [6, 6.07) is 21.2. The Labute approximate surface area is 173 Å². The predicted molar refractivity (Wildman–Crippen MR) is 116 cm³/mol. The zero-order valence-electron chi connectivity index (χ0n) is 17.1. The fraction of sp³-hybridized carbons (Fsp3) is 0.269. The fourth-order valence-electron chi connectivity index (χ4n) is 3.48. The molecule has 1 atom stereocenters. The van der Waals surface area contributed by atoms with Crippen molar-refractivity contribution in [1.29, 1.82) is 5.26 Å². The van der Waals surface area contributed by atoms with Gasteiger partial charge in [-0.1, -0.05) is 55.5 Å². The summed E-state index contributed by atoms with van der Waals surface area (Å²) in [6.07, 6.45) is 7.17. The summed E-state index contributed by atoms with van der Waals surface area (Å²) in [6.45, 7) is 3.68. The number of hydrogen-bond donors (Lipinski definition) is 0. The first-order chi connectivity index (χ1) is 14.1. The molecule has 0 amide bonds. The largest absolute Gasteiger partial charge is 0.300 e. The highest BCUT2D eigenvalue weighted by Crippen LogP contribution is 2.24. The van der Waals surface area contributed by atoms with E-state index in [1.807, 2.05) is 13.0 Å². The van der Waals surface area contributed by atoms with Gasteiger partial charge >= 0.3 is 0 Å². The molecule has 0 radical (unpaired) electrons. The lowest BCUT2D eigenvalue weighted by atomic mass is 9.96. The Hall–Kier alpha value is -3.25. The number of carbonyl (C=O) groups excluding carboxylic acids is 1. The number of hydrogen-bond acceptors (Lipinski definition) is 3. The van der Waals surface area contributed by atoms with Crippen molar-refractivity contribution < 1.29 is 4.79 Å². The Morgan fingerprint density at radius 1 is 1.07 bits per heavy atom. The van der Waals surface area contributed by atoms with Gasteiger partial charge in [-0.2, -0.15) is 5.26 Å². The summed E-state index contributed by atoms with van der Waals surface area (Å²) in [7, 11) is 0. The minimum Gasteiger partial charge on any atom is -0.300 e. The molecular formula is C26H26N2O. The van der Waals surface area contributed by atoms with Gasteiger partial charge in [0.2, 0.25) is 0 Å². The Kier molecular flexibility index (Phi) is 6.92. The van der Waals surface area contributed by atoms with Crippen molar-refractivity contribution in [2.45, 2.75) is 39.5 Å². The first-order valence-electron chi connectivity index (χ1n) is 10.1. The number of rotatable bonds is 8. The lowest BCUT2D eigenvalue weighted by molar-refractivity contribution is -0.120. The molecule has 0 aliphatic carbocycles. The van der Waals surface area contributed by atoms with Gasteiger partial charge in [0.25, 0.3) is 0 Å². The van der Waals surface area contributed by atoms with E-state index in [4.69, 9.17) is 0 Å². The van der Waals surface area contributed by atoms with Gasteiger partial charge < -0.3 is 0 Å². The molecule has 146 valence electrons. The number of nitrogens with zero attached hydrogens (tertiary/aromatic N) is 2. The number of Topliss-reactive ketones (excluding diaryl/α,β-unsaturated/α-hetero) is 1. The van der Waals surface area contributed by atoms with E-state index >= 15 is 0 Å². The second-order valence-corrected chi connectivity index (χ2v) is 7.63. The average Bonchev–Trinajstić information content (AvgIpc) is 2.74. The highest BCUT2D eigenvalue weighted by atomic mass is 16.1. The van der Waals surface area contributed by atoms with Gasteiger partial charge in [-0.05, 0) is 60.9 Å². The van der Waals surface area contributed by atoms with Crippen LogP contribution in [0.5, 0.6) is 0 Å². The van der Waals surface area contributed by atoms with E-state index in [1.165, 1.54) is 16.7 Å². The Morgan fingerprint density at radius 2 is 1.83 bits per heavy atom. The maximum atomic E-state index is 11.4. The van der Waals surface area contributed by atoms with E-state index in [-0.39, 0.29) is 11.7 Å². The monoisotopic (exact) mass is 382 g/mol. The molecule has 0 fully saturated rings. The molecule has 3 rings (SSSR count). The van der Waals surface area contributed by atoms with E-state index in [0.717, 1.165) is 36.8 Å². The number of pyridine rings is 1. The molecule has 2 aromatic carbocycles. The predicted octanol–water partition coefficient (Wildman–Crippen LogP) is 5.76. The Morgan fingerprint density at radius 3 is 2.55 bits per heavy atom. The fourth-order valence-corrected chi connectivity index (χ4v) is 3.48. The molecule has 1 unspecified atom stereocenters. The number of benzene rings is 2. The summed E-state index contributed by atoms with van der Waals surface area (Å²) in [4.78, 5) is 15.4. The van der Waals surface area contributed by atoms with Crippen LogP contribution in [-0.4, -0.2) is 10.8 Å². The highest BCUT2D eigenvalue weighted by molar-refractivity contribution is 5.77. The number of aryl methyl sites for hydroxylation is 1. The minimum absolute atomic E-state index is 0.152. The van der Waals surface area contributed by atoms with Crippen molar-refractivity contribution in [2.75, 3.05) is 0 Å². The van der Waals surface area contributed by atoms with Gasteiger partial charge in [-0.25, -0.2) is 0 Å². The Bertz CT molecular complexity index is 1020. The van der Waals surface area contributed by atoms with E-state index in [9.17, 15) is 10.1 Å². The van der Waals surface area contributed by atoms with Crippen LogP contribution in [0.25, 0.3) is 11.1 Å². The molecule has 0 saturated heterocycles. The first kappa shape index (κ1) is 20.5. The van der Waals surface area contributed by atoms with Crippen LogP contribution in [0.4, 0.5) is 0 Å². The van der Waals surface area contributed by atoms with E-state index in [2.05, 4.69) is 59.6 Å².